The van der Waals surface area contributed by atoms with Crippen molar-refractivity contribution in [1.82, 2.24) is 5.32 Å². The fraction of sp³-hybridized carbons (Fsp3) is 0.409. The minimum absolute atomic E-state index is 0.0522. The highest BCUT2D eigenvalue weighted by atomic mass is 32.2. The molecule has 1 atom stereocenters. The van der Waals surface area contributed by atoms with Gasteiger partial charge < -0.3 is 10.6 Å². The third kappa shape index (κ3) is 5.73. The van der Waals surface area contributed by atoms with E-state index in [9.17, 15) is 13.2 Å². The average molecular weight is 416 g/mol. The maximum absolute atomic E-state index is 12.6. The summed E-state index contributed by atoms with van der Waals surface area (Å²) < 4.78 is 25.5. The van der Waals surface area contributed by atoms with Crippen LogP contribution < -0.4 is 14.9 Å². The van der Waals surface area contributed by atoms with Gasteiger partial charge in [0.25, 0.3) is 0 Å². The highest BCUT2D eigenvalue weighted by Crippen LogP contribution is 2.30. The summed E-state index contributed by atoms with van der Waals surface area (Å²) in [4.78, 5) is 12.6. The van der Waals surface area contributed by atoms with Gasteiger partial charge in [0.2, 0.25) is 10.0 Å². The number of anilines is 2. The minimum atomic E-state index is -3.21. The topological polar surface area (TPSA) is 78.5 Å². The van der Waals surface area contributed by atoms with Crippen molar-refractivity contribution in [3.05, 3.63) is 60.2 Å². The Kier molecular flexibility index (Phi) is 6.17. The Balaban J connectivity index is 1.67. The summed E-state index contributed by atoms with van der Waals surface area (Å²) in [5.41, 5.74) is 2.36. The molecule has 1 fully saturated rings. The Hall–Kier alpha value is -2.54. The Morgan fingerprint density at radius 2 is 1.72 bits per heavy atom. The standard InChI is InChI=1S/C22H29N3O3S/c1-22(2,3)16-20(17-8-5-4-6-9-17)24-21(26)23-18-10-12-19(13-11-18)25-14-7-15-29(25,27)28/h4-6,8-13,20H,7,14-16H2,1-3H3,(H2,23,24,26)/t20-/m1/s1. The van der Waals surface area contributed by atoms with Crippen molar-refractivity contribution in [3.63, 3.8) is 0 Å². The lowest BCUT2D eigenvalue weighted by molar-refractivity contribution is 0.241. The Morgan fingerprint density at radius 1 is 1.07 bits per heavy atom. The van der Waals surface area contributed by atoms with E-state index in [4.69, 9.17) is 0 Å². The number of hydrogen-bond acceptors (Lipinski definition) is 3. The van der Waals surface area contributed by atoms with Crippen LogP contribution in [0.2, 0.25) is 0 Å². The first-order valence-corrected chi connectivity index (χ1v) is 11.5. The SMILES string of the molecule is CC(C)(C)C[C@@H](NC(=O)Nc1ccc(N2CCCS2(=O)=O)cc1)c1ccccc1. The molecule has 29 heavy (non-hydrogen) atoms. The molecule has 2 amide bonds. The van der Waals surface area contributed by atoms with Gasteiger partial charge in [-0.25, -0.2) is 13.2 Å². The number of sulfonamides is 1. The molecule has 1 heterocycles. The number of hydrogen-bond donors (Lipinski definition) is 2. The molecule has 2 N–H and O–H groups in total. The first kappa shape index (κ1) is 21.2. The molecule has 0 aliphatic carbocycles. The molecule has 2 aromatic rings. The first-order chi connectivity index (χ1) is 13.6. The van der Waals surface area contributed by atoms with Gasteiger partial charge in [-0.3, -0.25) is 4.31 Å². The normalized spacial score (nSPS) is 17.0. The van der Waals surface area contributed by atoms with Gasteiger partial charge in [-0.15, -0.1) is 0 Å². The monoisotopic (exact) mass is 415 g/mol. The van der Waals surface area contributed by atoms with Gasteiger partial charge in [0, 0.05) is 12.2 Å². The van der Waals surface area contributed by atoms with Crippen molar-refractivity contribution >= 4 is 27.4 Å². The fourth-order valence-corrected chi connectivity index (χ4v) is 5.08. The van der Waals surface area contributed by atoms with Crippen molar-refractivity contribution in [2.24, 2.45) is 5.41 Å². The highest BCUT2D eigenvalue weighted by Gasteiger charge is 2.28. The Morgan fingerprint density at radius 3 is 2.28 bits per heavy atom. The lowest BCUT2D eigenvalue weighted by Gasteiger charge is -2.27. The summed E-state index contributed by atoms with van der Waals surface area (Å²) in [7, 11) is -3.21. The smallest absolute Gasteiger partial charge is 0.319 e. The summed E-state index contributed by atoms with van der Waals surface area (Å²) in [6.07, 6.45) is 1.44. The summed E-state index contributed by atoms with van der Waals surface area (Å²) in [5, 5.41) is 5.91. The average Bonchev–Trinajstić information content (AvgIpc) is 3.00. The van der Waals surface area contributed by atoms with Gasteiger partial charge in [0.15, 0.2) is 0 Å². The van der Waals surface area contributed by atoms with Crippen molar-refractivity contribution in [2.45, 2.75) is 39.7 Å². The van der Waals surface area contributed by atoms with Gasteiger partial charge in [-0.1, -0.05) is 51.1 Å². The number of nitrogens with zero attached hydrogens (tertiary/aromatic N) is 1. The van der Waals surface area contributed by atoms with Gasteiger partial charge >= 0.3 is 6.03 Å². The number of nitrogens with one attached hydrogen (secondary N) is 2. The summed E-state index contributed by atoms with van der Waals surface area (Å²) in [5.74, 6) is 0.185. The largest absolute Gasteiger partial charge is 0.331 e. The number of urea groups is 1. The second-order valence-corrected chi connectivity index (χ2v) is 10.6. The molecular formula is C22H29N3O3S. The van der Waals surface area contributed by atoms with Crippen molar-refractivity contribution in [1.29, 1.82) is 0 Å². The molecule has 2 aromatic carbocycles. The first-order valence-electron chi connectivity index (χ1n) is 9.87. The minimum Gasteiger partial charge on any atom is -0.331 e. The molecule has 1 saturated heterocycles. The molecule has 7 heteroatoms. The van der Waals surface area contributed by atoms with Crippen LogP contribution >= 0.6 is 0 Å². The zero-order chi connectivity index (χ0) is 21.1. The van der Waals surface area contributed by atoms with Crippen LogP contribution in [-0.4, -0.2) is 26.7 Å². The van der Waals surface area contributed by atoms with Crippen LogP contribution in [0.3, 0.4) is 0 Å². The quantitative estimate of drug-likeness (QED) is 0.753. The van der Waals surface area contributed by atoms with Crippen LogP contribution in [-0.2, 0) is 10.0 Å². The van der Waals surface area contributed by atoms with Gasteiger partial charge in [0.1, 0.15) is 0 Å². The lowest BCUT2D eigenvalue weighted by Crippen LogP contribution is -2.34. The van der Waals surface area contributed by atoms with E-state index in [-0.39, 0.29) is 23.2 Å². The number of carbonyl (C=O) groups is 1. The van der Waals surface area contributed by atoms with Gasteiger partial charge in [-0.05, 0) is 48.1 Å². The lowest BCUT2D eigenvalue weighted by atomic mass is 9.85. The fourth-order valence-electron chi connectivity index (χ4n) is 3.52. The van der Waals surface area contributed by atoms with E-state index in [2.05, 4.69) is 31.4 Å². The Bertz CT molecular complexity index is 936. The van der Waals surface area contributed by atoms with Gasteiger partial charge in [0.05, 0.1) is 17.5 Å². The van der Waals surface area contributed by atoms with E-state index in [0.29, 0.717) is 24.3 Å². The predicted octanol–water partition coefficient (Wildman–Crippen LogP) is 4.53. The highest BCUT2D eigenvalue weighted by molar-refractivity contribution is 7.93. The number of carbonyl (C=O) groups excluding carboxylic acids is 1. The van der Waals surface area contributed by atoms with E-state index < -0.39 is 10.0 Å². The van der Waals surface area contributed by atoms with E-state index in [1.54, 1.807) is 24.3 Å². The molecule has 6 nitrogen and oxygen atoms in total. The van der Waals surface area contributed by atoms with Crippen molar-refractivity contribution in [3.8, 4) is 0 Å². The van der Waals surface area contributed by atoms with Crippen LogP contribution in [0.4, 0.5) is 16.2 Å². The number of rotatable bonds is 5. The van der Waals surface area contributed by atoms with Crippen LogP contribution in [0.5, 0.6) is 0 Å². The number of amides is 2. The zero-order valence-electron chi connectivity index (χ0n) is 17.2. The molecule has 0 unspecified atom stereocenters. The zero-order valence-corrected chi connectivity index (χ0v) is 18.0. The van der Waals surface area contributed by atoms with Crippen LogP contribution in [0, 0.1) is 5.41 Å². The van der Waals surface area contributed by atoms with E-state index in [0.717, 1.165) is 12.0 Å². The second kappa shape index (κ2) is 8.45. The van der Waals surface area contributed by atoms with Crippen LogP contribution in [0.1, 0.15) is 45.2 Å². The third-order valence-electron chi connectivity index (χ3n) is 4.84. The molecule has 0 radical (unpaired) electrons. The Labute approximate surface area is 173 Å². The molecule has 156 valence electrons. The summed E-state index contributed by atoms with van der Waals surface area (Å²) >= 11 is 0. The van der Waals surface area contributed by atoms with Crippen LogP contribution in [0.25, 0.3) is 0 Å². The third-order valence-corrected chi connectivity index (χ3v) is 6.71. The molecule has 0 aromatic heterocycles. The summed E-state index contributed by atoms with van der Waals surface area (Å²) in [6.45, 7) is 6.94. The van der Waals surface area contributed by atoms with E-state index >= 15 is 0 Å². The summed E-state index contributed by atoms with van der Waals surface area (Å²) in [6, 6.07) is 16.4. The molecule has 3 rings (SSSR count). The number of benzene rings is 2. The molecule has 0 bridgehead atoms. The van der Waals surface area contributed by atoms with Crippen molar-refractivity contribution < 1.29 is 13.2 Å². The molecule has 0 saturated carbocycles. The van der Waals surface area contributed by atoms with E-state index in [1.807, 2.05) is 30.3 Å². The molecular weight excluding hydrogens is 386 g/mol. The van der Waals surface area contributed by atoms with Gasteiger partial charge in [-0.2, -0.15) is 0 Å². The molecule has 1 aliphatic rings. The van der Waals surface area contributed by atoms with Crippen LogP contribution in [0.15, 0.2) is 54.6 Å². The van der Waals surface area contributed by atoms with Crippen molar-refractivity contribution in [2.75, 3.05) is 21.9 Å². The maximum atomic E-state index is 12.6. The second-order valence-electron chi connectivity index (χ2n) is 8.62. The molecule has 1 aliphatic heterocycles. The predicted molar refractivity (Wildman–Crippen MR) is 118 cm³/mol. The maximum Gasteiger partial charge on any atom is 0.319 e. The van der Waals surface area contributed by atoms with E-state index in [1.165, 1.54) is 4.31 Å². The molecule has 0 spiro atoms.